The van der Waals surface area contributed by atoms with Crippen molar-refractivity contribution in [3.05, 3.63) is 12.2 Å². The summed E-state index contributed by atoms with van der Waals surface area (Å²) in [5.41, 5.74) is 0. The standard InChI is InChI=1S/C8H4F7NO2/c9-6(10,7(11,12)8(13,14)15)3-16-4(17)1-2-5(16)18/h1-2H,3H2. The number of hydrogen-bond donors (Lipinski definition) is 0. The summed E-state index contributed by atoms with van der Waals surface area (Å²) in [6, 6.07) is 0. The van der Waals surface area contributed by atoms with E-state index in [1.165, 1.54) is 0 Å². The summed E-state index contributed by atoms with van der Waals surface area (Å²) in [6.45, 7) is -2.34. The molecule has 0 aromatic rings. The summed E-state index contributed by atoms with van der Waals surface area (Å²) in [5, 5.41) is 0. The van der Waals surface area contributed by atoms with E-state index < -0.39 is 36.4 Å². The molecular formula is C8H4F7NO2. The molecule has 0 aromatic carbocycles. The minimum atomic E-state index is -6.49. The highest BCUT2D eigenvalue weighted by Crippen LogP contribution is 2.46. The SMILES string of the molecule is O=C1C=CC(=O)N1CC(F)(F)C(F)(F)C(F)(F)F. The number of rotatable bonds is 3. The van der Waals surface area contributed by atoms with Crippen molar-refractivity contribution in [1.82, 2.24) is 4.90 Å². The van der Waals surface area contributed by atoms with Gasteiger partial charge in [-0.3, -0.25) is 14.5 Å². The molecule has 18 heavy (non-hydrogen) atoms. The third-order valence-corrected chi connectivity index (χ3v) is 2.07. The molecule has 3 nitrogen and oxygen atoms in total. The van der Waals surface area contributed by atoms with Crippen LogP contribution in [0.1, 0.15) is 0 Å². The molecule has 1 aliphatic rings. The van der Waals surface area contributed by atoms with Crippen LogP contribution >= 0.6 is 0 Å². The molecule has 0 atom stereocenters. The maximum Gasteiger partial charge on any atom is 0.459 e. The minimum absolute atomic E-state index is 0.389. The molecule has 0 saturated carbocycles. The third-order valence-electron chi connectivity index (χ3n) is 2.07. The van der Waals surface area contributed by atoms with E-state index in [-0.39, 0.29) is 4.90 Å². The van der Waals surface area contributed by atoms with Gasteiger partial charge in [-0.05, 0) is 0 Å². The Kier molecular flexibility index (Phi) is 3.17. The fraction of sp³-hybridized carbons (Fsp3) is 0.500. The Morgan fingerprint density at radius 2 is 1.28 bits per heavy atom. The number of nitrogens with zero attached hydrogens (tertiary/aromatic N) is 1. The second kappa shape index (κ2) is 3.95. The van der Waals surface area contributed by atoms with E-state index in [1.807, 2.05) is 0 Å². The molecule has 102 valence electrons. The molecule has 2 amide bonds. The molecule has 1 heterocycles. The molecule has 1 rings (SSSR count). The lowest BCUT2D eigenvalue weighted by Gasteiger charge is -2.30. The molecule has 0 unspecified atom stereocenters. The van der Waals surface area contributed by atoms with Crippen molar-refractivity contribution < 1.29 is 40.3 Å². The lowest BCUT2D eigenvalue weighted by atomic mass is 10.1. The molecule has 0 aromatic heterocycles. The summed E-state index contributed by atoms with van der Waals surface area (Å²) in [5.74, 6) is -14.7. The van der Waals surface area contributed by atoms with Gasteiger partial charge in [0.15, 0.2) is 0 Å². The number of carbonyl (C=O) groups is 2. The van der Waals surface area contributed by atoms with Crippen molar-refractivity contribution in [2.75, 3.05) is 6.54 Å². The van der Waals surface area contributed by atoms with E-state index in [0.29, 0.717) is 12.2 Å². The Labute approximate surface area is 94.8 Å². The summed E-state index contributed by atoms with van der Waals surface area (Å²) >= 11 is 0. The van der Waals surface area contributed by atoms with Crippen LogP contribution < -0.4 is 0 Å². The summed E-state index contributed by atoms with van der Waals surface area (Å²) < 4.78 is 85.9. The molecule has 0 spiro atoms. The molecule has 0 bridgehead atoms. The zero-order valence-electron chi connectivity index (χ0n) is 8.27. The summed E-state index contributed by atoms with van der Waals surface area (Å²) in [7, 11) is 0. The Hall–Kier alpha value is -1.61. The van der Waals surface area contributed by atoms with Gasteiger partial charge in [0, 0.05) is 12.2 Å². The van der Waals surface area contributed by atoms with E-state index in [1.54, 1.807) is 0 Å². The van der Waals surface area contributed by atoms with Gasteiger partial charge in [-0.25, -0.2) is 0 Å². The first-order valence-electron chi connectivity index (χ1n) is 4.26. The van der Waals surface area contributed by atoms with Gasteiger partial charge in [-0.15, -0.1) is 0 Å². The summed E-state index contributed by atoms with van der Waals surface area (Å²) in [4.78, 5) is 21.2. The molecule has 0 fully saturated rings. The van der Waals surface area contributed by atoms with E-state index in [4.69, 9.17) is 0 Å². The normalized spacial score (nSPS) is 17.8. The first-order chi connectivity index (χ1) is 7.90. The van der Waals surface area contributed by atoms with Crippen LogP contribution in [0.3, 0.4) is 0 Å². The van der Waals surface area contributed by atoms with Crippen LogP contribution in [0, 0.1) is 0 Å². The van der Waals surface area contributed by atoms with E-state index in [0.717, 1.165) is 0 Å². The highest BCUT2D eigenvalue weighted by atomic mass is 19.4. The zero-order chi connectivity index (χ0) is 14.4. The van der Waals surface area contributed by atoms with Gasteiger partial charge in [0.1, 0.15) is 0 Å². The van der Waals surface area contributed by atoms with E-state index in [9.17, 15) is 40.3 Å². The Bertz CT molecular complexity index is 394. The van der Waals surface area contributed by atoms with E-state index in [2.05, 4.69) is 0 Å². The number of carbonyl (C=O) groups excluding carboxylic acids is 2. The number of alkyl halides is 7. The van der Waals surface area contributed by atoms with Crippen molar-refractivity contribution in [2.24, 2.45) is 0 Å². The Balaban J connectivity index is 2.95. The zero-order valence-corrected chi connectivity index (χ0v) is 8.27. The quantitative estimate of drug-likeness (QED) is 0.583. The Morgan fingerprint density at radius 1 is 0.889 bits per heavy atom. The maximum absolute atomic E-state index is 12.9. The van der Waals surface area contributed by atoms with Gasteiger partial charge in [-0.1, -0.05) is 0 Å². The summed E-state index contributed by atoms with van der Waals surface area (Å²) in [6.07, 6.45) is -5.51. The van der Waals surface area contributed by atoms with Crippen LogP contribution in [0.25, 0.3) is 0 Å². The monoisotopic (exact) mass is 279 g/mol. The van der Waals surface area contributed by atoms with Crippen molar-refractivity contribution in [2.45, 2.75) is 18.0 Å². The maximum atomic E-state index is 12.9. The molecule has 10 heteroatoms. The molecule has 0 N–H and O–H groups in total. The van der Waals surface area contributed by atoms with Gasteiger partial charge >= 0.3 is 18.0 Å². The van der Waals surface area contributed by atoms with Gasteiger partial charge in [0.2, 0.25) is 0 Å². The van der Waals surface area contributed by atoms with Crippen LogP contribution in [-0.2, 0) is 9.59 Å². The highest BCUT2D eigenvalue weighted by molar-refractivity contribution is 6.12. The van der Waals surface area contributed by atoms with Gasteiger partial charge in [0.25, 0.3) is 11.8 Å². The first kappa shape index (κ1) is 14.5. The second-order valence-electron chi connectivity index (χ2n) is 3.37. The average Bonchev–Trinajstić information content (AvgIpc) is 2.47. The fourth-order valence-electron chi connectivity index (χ4n) is 1.09. The van der Waals surface area contributed by atoms with Crippen LogP contribution in [0.5, 0.6) is 0 Å². The number of imide groups is 1. The van der Waals surface area contributed by atoms with Gasteiger partial charge in [0.05, 0.1) is 6.54 Å². The van der Waals surface area contributed by atoms with Crippen LogP contribution in [0.2, 0.25) is 0 Å². The van der Waals surface area contributed by atoms with Crippen molar-refractivity contribution >= 4 is 11.8 Å². The first-order valence-corrected chi connectivity index (χ1v) is 4.26. The predicted octanol–water partition coefficient (Wildman–Crippen LogP) is 1.74. The van der Waals surface area contributed by atoms with Crippen LogP contribution in [0.4, 0.5) is 30.7 Å². The smallest absolute Gasteiger partial charge is 0.269 e. The highest BCUT2D eigenvalue weighted by Gasteiger charge is 2.73. The topological polar surface area (TPSA) is 37.4 Å². The predicted molar refractivity (Wildman–Crippen MR) is 41.8 cm³/mol. The van der Waals surface area contributed by atoms with Crippen molar-refractivity contribution in [1.29, 1.82) is 0 Å². The lowest BCUT2D eigenvalue weighted by Crippen LogP contribution is -2.57. The average molecular weight is 279 g/mol. The number of amides is 2. The number of hydrogen-bond acceptors (Lipinski definition) is 2. The van der Waals surface area contributed by atoms with Gasteiger partial charge < -0.3 is 0 Å². The third kappa shape index (κ3) is 2.18. The minimum Gasteiger partial charge on any atom is -0.269 e. The molecule has 0 saturated heterocycles. The largest absolute Gasteiger partial charge is 0.459 e. The molecular weight excluding hydrogens is 275 g/mol. The molecule has 0 radical (unpaired) electrons. The van der Waals surface area contributed by atoms with Crippen molar-refractivity contribution in [3.8, 4) is 0 Å². The van der Waals surface area contributed by atoms with Crippen LogP contribution in [0.15, 0.2) is 12.2 Å². The Morgan fingerprint density at radius 3 is 1.61 bits per heavy atom. The van der Waals surface area contributed by atoms with E-state index >= 15 is 0 Å². The van der Waals surface area contributed by atoms with Gasteiger partial charge in [-0.2, -0.15) is 30.7 Å². The lowest BCUT2D eigenvalue weighted by molar-refractivity contribution is -0.354. The fourth-order valence-corrected chi connectivity index (χ4v) is 1.09. The van der Waals surface area contributed by atoms with Crippen molar-refractivity contribution in [3.63, 3.8) is 0 Å². The van der Waals surface area contributed by atoms with Crippen LogP contribution in [-0.4, -0.2) is 41.3 Å². The second-order valence-corrected chi connectivity index (χ2v) is 3.37. The molecule has 0 aliphatic carbocycles. The molecule has 1 aliphatic heterocycles. The number of halogens is 7.